The molecule has 0 unspecified atom stereocenters. The highest BCUT2D eigenvalue weighted by Gasteiger charge is 2.21. The molecule has 3 rings (SSSR count). The number of hydrogen-bond acceptors (Lipinski definition) is 1. The lowest BCUT2D eigenvalue weighted by molar-refractivity contribution is 0.762. The number of hydrogen-bond donors (Lipinski definition) is 1. The van der Waals surface area contributed by atoms with Crippen LogP contribution in [-0.2, 0) is 0 Å². The zero-order valence-electron chi connectivity index (χ0n) is 17.4. The molecule has 0 aliphatic rings. The van der Waals surface area contributed by atoms with Gasteiger partial charge in [-0.2, -0.15) is 0 Å². The molecule has 0 saturated carbocycles. The van der Waals surface area contributed by atoms with Crippen molar-refractivity contribution in [3.63, 3.8) is 0 Å². The molecule has 1 nitrogen and oxygen atoms in total. The number of benzene rings is 3. The van der Waals surface area contributed by atoms with Crippen LogP contribution in [0.25, 0.3) is 0 Å². The molecule has 142 valence electrons. The Morgan fingerprint density at radius 3 is 1.07 bits per heavy atom. The lowest BCUT2D eigenvalue weighted by Gasteiger charge is -2.24. The molecule has 0 aromatic heterocycles. The Balaban J connectivity index is 0.000000465. The van der Waals surface area contributed by atoms with Gasteiger partial charge in [0.15, 0.2) is 0 Å². The van der Waals surface area contributed by atoms with Crippen LogP contribution in [0.5, 0.6) is 0 Å². The third-order valence-electron chi connectivity index (χ3n) is 5.00. The Morgan fingerprint density at radius 2 is 0.852 bits per heavy atom. The Labute approximate surface area is 165 Å². The second kappa shape index (κ2) is 10.7. The predicted octanol–water partition coefficient (Wildman–Crippen LogP) is 6.41. The maximum Gasteiger partial charge on any atom is 0.0347 e. The van der Waals surface area contributed by atoms with E-state index in [4.69, 9.17) is 0 Å². The molecule has 1 N–H and O–H groups in total. The Bertz CT molecular complexity index is 725. The molecule has 0 bridgehead atoms. The van der Waals surface area contributed by atoms with Gasteiger partial charge < -0.3 is 5.32 Å². The van der Waals surface area contributed by atoms with Crippen LogP contribution in [-0.4, -0.2) is 13.1 Å². The van der Waals surface area contributed by atoms with Gasteiger partial charge in [0.2, 0.25) is 0 Å². The highest BCUT2D eigenvalue weighted by Crippen LogP contribution is 2.36. The van der Waals surface area contributed by atoms with Gasteiger partial charge in [0, 0.05) is 5.92 Å². The molecule has 3 aromatic rings. The van der Waals surface area contributed by atoms with E-state index in [0.717, 1.165) is 13.1 Å². The van der Waals surface area contributed by atoms with Crippen LogP contribution in [0.4, 0.5) is 0 Å². The fraction of sp³-hybridized carbons (Fsp3) is 0.308. The van der Waals surface area contributed by atoms with Gasteiger partial charge in [-0.05, 0) is 67.2 Å². The second-order valence-electron chi connectivity index (χ2n) is 6.96. The maximum atomic E-state index is 3.11. The average Bonchev–Trinajstić information content (AvgIpc) is 2.67. The first-order chi connectivity index (χ1) is 13.1. The fourth-order valence-corrected chi connectivity index (χ4v) is 3.48. The molecule has 0 aliphatic heterocycles. The summed E-state index contributed by atoms with van der Waals surface area (Å²) in [6.07, 6.45) is 0. The SMILES string of the molecule is CCNCC.Cc1ccccc1C(c1ccccc1C)c1ccccc1C. The van der Waals surface area contributed by atoms with Crippen LogP contribution in [0.1, 0.15) is 53.1 Å². The van der Waals surface area contributed by atoms with Crippen LogP contribution in [0.15, 0.2) is 72.8 Å². The molecule has 0 atom stereocenters. The van der Waals surface area contributed by atoms with Crippen LogP contribution in [0.3, 0.4) is 0 Å². The number of aryl methyl sites for hydroxylation is 3. The van der Waals surface area contributed by atoms with Gasteiger partial charge in [-0.3, -0.25) is 0 Å². The van der Waals surface area contributed by atoms with Crippen molar-refractivity contribution in [1.29, 1.82) is 0 Å². The van der Waals surface area contributed by atoms with E-state index in [2.05, 4.69) is 113 Å². The first-order valence-electron chi connectivity index (χ1n) is 9.97. The highest BCUT2D eigenvalue weighted by atomic mass is 14.8. The minimum Gasteiger partial charge on any atom is -0.317 e. The highest BCUT2D eigenvalue weighted by molar-refractivity contribution is 5.50. The summed E-state index contributed by atoms with van der Waals surface area (Å²) in [7, 11) is 0. The van der Waals surface area contributed by atoms with Crippen molar-refractivity contribution in [2.75, 3.05) is 13.1 Å². The molecule has 3 aromatic carbocycles. The molecule has 27 heavy (non-hydrogen) atoms. The molecule has 0 amide bonds. The van der Waals surface area contributed by atoms with E-state index in [0.29, 0.717) is 5.92 Å². The lowest BCUT2D eigenvalue weighted by atomic mass is 9.80. The third kappa shape index (κ3) is 5.55. The first kappa shape index (κ1) is 20.9. The Morgan fingerprint density at radius 1 is 0.556 bits per heavy atom. The van der Waals surface area contributed by atoms with E-state index < -0.39 is 0 Å². The quantitative estimate of drug-likeness (QED) is 0.519. The Kier molecular flexibility index (Phi) is 8.29. The number of nitrogens with one attached hydrogen (secondary N) is 1. The smallest absolute Gasteiger partial charge is 0.0347 e. The van der Waals surface area contributed by atoms with E-state index in [-0.39, 0.29) is 0 Å². The van der Waals surface area contributed by atoms with Crippen molar-refractivity contribution in [1.82, 2.24) is 5.32 Å². The summed E-state index contributed by atoms with van der Waals surface area (Å²) in [6, 6.07) is 26.2. The summed E-state index contributed by atoms with van der Waals surface area (Å²) in [5.74, 6) is 0.295. The summed E-state index contributed by atoms with van der Waals surface area (Å²) in [4.78, 5) is 0. The van der Waals surface area contributed by atoms with Crippen molar-refractivity contribution in [2.24, 2.45) is 0 Å². The van der Waals surface area contributed by atoms with Crippen LogP contribution in [0.2, 0.25) is 0 Å². The molecule has 0 saturated heterocycles. The zero-order chi connectivity index (χ0) is 19.6. The first-order valence-corrected chi connectivity index (χ1v) is 9.97. The van der Waals surface area contributed by atoms with Gasteiger partial charge in [0.05, 0.1) is 0 Å². The molecule has 0 radical (unpaired) electrons. The van der Waals surface area contributed by atoms with Gasteiger partial charge in [-0.1, -0.05) is 86.6 Å². The molecule has 0 aliphatic carbocycles. The monoisotopic (exact) mass is 359 g/mol. The summed E-state index contributed by atoms with van der Waals surface area (Å²) in [6.45, 7) is 13.0. The van der Waals surface area contributed by atoms with Gasteiger partial charge in [0.1, 0.15) is 0 Å². The van der Waals surface area contributed by atoms with Gasteiger partial charge >= 0.3 is 0 Å². The molecular formula is C26H33N. The van der Waals surface area contributed by atoms with Crippen molar-refractivity contribution < 1.29 is 0 Å². The van der Waals surface area contributed by atoms with Crippen molar-refractivity contribution >= 4 is 0 Å². The van der Waals surface area contributed by atoms with E-state index in [1.165, 1.54) is 33.4 Å². The fourth-order valence-electron chi connectivity index (χ4n) is 3.48. The van der Waals surface area contributed by atoms with E-state index in [1.54, 1.807) is 0 Å². The molecule has 0 spiro atoms. The van der Waals surface area contributed by atoms with Crippen LogP contribution < -0.4 is 5.32 Å². The number of rotatable bonds is 5. The normalized spacial score (nSPS) is 10.4. The standard InChI is InChI=1S/C22H22.C4H11N/c1-16-10-4-7-13-19(16)22(20-14-8-5-11-17(20)2)21-15-9-6-12-18(21)3;1-3-5-4-2/h4-15,22H,1-3H3;5H,3-4H2,1-2H3. The minimum absolute atomic E-state index is 0.295. The maximum absolute atomic E-state index is 3.11. The van der Waals surface area contributed by atoms with E-state index >= 15 is 0 Å². The predicted molar refractivity (Wildman–Crippen MR) is 119 cm³/mol. The molecular weight excluding hydrogens is 326 g/mol. The van der Waals surface area contributed by atoms with Gasteiger partial charge in [0.25, 0.3) is 0 Å². The Hall–Kier alpha value is -2.38. The second-order valence-corrected chi connectivity index (χ2v) is 6.96. The average molecular weight is 360 g/mol. The molecule has 0 fully saturated rings. The largest absolute Gasteiger partial charge is 0.317 e. The van der Waals surface area contributed by atoms with Crippen LogP contribution in [0, 0.1) is 20.8 Å². The van der Waals surface area contributed by atoms with Gasteiger partial charge in [-0.25, -0.2) is 0 Å². The van der Waals surface area contributed by atoms with E-state index in [1.807, 2.05) is 0 Å². The third-order valence-corrected chi connectivity index (χ3v) is 5.00. The topological polar surface area (TPSA) is 12.0 Å². The zero-order valence-corrected chi connectivity index (χ0v) is 17.4. The van der Waals surface area contributed by atoms with Gasteiger partial charge in [-0.15, -0.1) is 0 Å². The summed E-state index contributed by atoms with van der Waals surface area (Å²) in [5.41, 5.74) is 8.22. The summed E-state index contributed by atoms with van der Waals surface area (Å²) in [5, 5.41) is 3.11. The van der Waals surface area contributed by atoms with E-state index in [9.17, 15) is 0 Å². The van der Waals surface area contributed by atoms with Crippen molar-refractivity contribution in [2.45, 2.75) is 40.5 Å². The van der Waals surface area contributed by atoms with Crippen molar-refractivity contribution in [3.8, 4) is 0 Å². The lowest BCUT2D eigenvalue weighted by Crippen LogP contribution is -2.09. The summed E-state index contributed by atoms with van der Waals surface area (Å²) >= 11 is 0. The van der Waals surface area contributed by atoms with Crippen LogP contribution >= 0.6 is 0 Å². The van der Waals surface area contributed by atoms with Crippen molar-refractivity contribution in [3.05, 3.63) is 106 Å². The molecule has 0 heterocycles. The molecule has 1 heteroatoms. The minimum atomic E-state index is 0.295. The summed E-state index contributed by atoms with van der Waals surface area (Å²) < 4.78 is 0.